The lowest BCUT2D eigenvalue weighted by Crippen LogP contribution is -2.12. The molecule has 0 fully saturated rings. The molecule has 0 radical (unpaired) electrons. The smallest absolute Gasteiger partial charge is 0.238 e. The lowest BCUT2D eigenvalue weighted by molar-refractivity contribution is 0.598. The van der Waals surface area contributed by atoms with Crippen LogP contribution in [0.5, 0.6) is 0 Å². The molecule has 0 atom stereocenters. The Bertz CT molecular complexity index is 1080. The van der Waals surface area contributed by atoms with Crippen LogP contribution < -0.4 is 16.2 Å². The molecule has 1 aromatic heterocycles. The number of nitrogen functional groups attached to an aromatic ring is 1. The molecule has 0 spiro atoms. The molecule has 5 N–H and O–H groups in total. The molecule has 146 valence electrons. The summed E-state index contributed by atoms with van der Waals surface area (Å²) >= 11 is 0. The molecule has 3 aromatic rings. The monoisotopic (exact) mass is 397 g/mol. The van der Waals surface area contributed by atoms with Gasteiger partial charge in [0.2, 0.25) is 16.0 Å². The van der Waals surface area contributed by atoms with Crippen LogP contribution >= 0.6 is 0 Å². The predicted molar refractivity (Wildman–Crippen MR) is 111 cm³/mol. The van der Waals surface area contributed by atoms with Gasteiger partial charge in [-0.05, 0) is 50.1 Å². The number of aryl methyl sites for hydroxylation is 2. The molecular formula is C20H23N5O2S. The molecule has 0 bridgehead atoms. The zero-order valence-electron chi connectivity index (χ0n) is 15.8. The van der Waals surface area contributed by atoms with Gasteiger partial charge < -0.3 is 11.1 Å². The fraction of sp³-hybridized carbons (Fsp3) is 0.200. The molecule has 28 heavy (non-hydrogen) atoms. The summed E-state index contributed by atoms with van der Waals surface area (Å²) in [6, 6.07) is 14.6. The van der Waals surface area contributed by atoms with E-state index in [0.717, 1.165) is 27.9 Å². The van der Waals surface area contributed by atoms with Crippen molar-refractivity contribution in [2.75, 3.05) is 17.6 Å². The SMILES string of the molecule is Cc1cc(C)cc(-c2cc(NCCc3ccc(S(N)(=O)=O)cc3)nc(N)n2)c1. The van der Waals surface area contributed by atoms with Gasteiger partial charge >= 0.3 is 0 Å². The number of nitrogens with two attached hydrogens (primary N) is 2. The van der Waals surface area contributed by atoms with E-state index in [1.54, 1.807) is 12.1 Å². The van der Waals surface area contributed by atoms with Crippen molar-refractivity contribution in [2.24, 2.45) is 5.14 Å². The van der Waals surface area contributed by atoms with E-state index < -0.39 is 10.0 Å². The maximum Gasteiger partial charge on any atom is 0.238 e. The summed E-state index contributed by atoms with van der Waals surface area (Å²) in [5.41, 5.74) is 10.9. The van der Waals surface area contributed by atoms with Crippen molar-refractivity contribution < 1.29 is 8.42 Å². The van der Waals surface area contributed by atoms with Crippen LogP contribution in [-0.2, 0) is 16.4 Å². The first-order chi connectivity index (χ1) is 13.2. The molecule has 7 nitrogen and oxygen atoms in total. The zero-order chi connectivity index (χ0) is 20.3. The summed E-state index contributed by atoms with van der Waals surface area (Å²) in [6.07, 6.45) is 0.688. The van der Waals surface area contributed by atoms with Gasteiger partial charge in [0.25, 0.3) is 0 Å². The minimum absolute atomic E-state index is 0.103. The van der Waals surface area contributed by atoms with Gasteiger partial charge in [-0.2, -0.15) is 4.98 Å². The number of rotatable bonds is 6. The third-order valence-electron chi connectivity index (χ3n) is 4.23. The molecule has 3 rings (SSSR count). The standard InChI is InChI=1S/C20H23N5O2S/c1-13-9-14(2)11-16(10-13)18-12-19(25-20(21)24-18)23-8-7-15-3-5-17(6-4-15)28(22,26)27/h3-6,9-12H,7-8H2,1-2H3,(H2,22,26,27)(H3,21,23,24,25). The average molecular weight is 398 g/mol. The fourth-order valence-electron chi connectivity index (χ4n) is 3.01. The van der Waals surface area contributed by atoms with Crippen molar-refractivity contribution in [3.63, 3.8) is 0 Å². The Morgan fingerprint density at radius 1 is 0.964 bits per heavy atom. The van der Waals surface area contributed by atoms with Crippen LogP contribution in [0.25, 0.3) is 11.3 Å². The van der Waals surface area contributed by atoms with E-state index in [0.29, 0.717) is 18.8 Å². The van der Waals surface area contributed by atoms with Crippen LogP contribution in [0.3, 0.4) is 0 Å². The van der Waals surface area contributed by atoms with Crippen LogP contribution in [-0.4, -0.2) is 24.9 Å². The summed E-state index contributed by atoms with van der Waals surface area (Å²) in [7, 11) is -3.67. The molecular weight excluding hydrogens is 374 g/mol. The molecule has 0 aliphatic heterocycles. The third kappa shape index (κ3) is 5.05. The molecule has 0 saturated carbocycles. The molecule has 0 unspecified atom stereocenters. The quantitative estimate of drug-likeness (QED) is 0.587. The van der Waals surface area contributed by atoms with E-state index >= 15 is 0 Å². The predicted octanol–water partition coefficient (Wildman–Crippen LogP) is 2.64. The number of sulfonamides is 1. The summed E-state index contributed by atoms with van der Waals surface area (Å²) in [5, 5.41) is 8.36. The first-order valence-corrected chi connectivity index (χ1v) is 10.3. The number of anilines is 2. The third-order valence-corrected chi connectivity index (χ3v) is 5.16. The van der Waals surface area contributed by atoms with Crippen molar-refractivity contribution in [1.29, 1.82) is 0 Å². The summed E-state index contributed by atoms with van der Waals surface area (Å²) in [4.78, 5) is 8.69. The van der Waals surface area contributed by atoms with Crippen LogP contribution in [0.15, 0.2) is 53.4 Å². The minimum atomic E-state index is -3.67. The van der Waals surface area contributed by atoms with E-state index in [2.05, 4.69) is 33.5 Å². The number of nitrogens with zero attached hydrogens (tertiary/aromatic N) is 2. The van der Waals surface area contributed by atoms with Crippen molar-refractivity contribution >= 4 is 21.8 Å². The normalized spacial score (nSPS) is 11.4. The van der Waals surface area contributed by atoms with E-state index in [1.165, 1.54) is 12.1 Å². The van der Waals surface area contributed by atoms with Crippen LogP contribution in [0.4, 0.5) is 11.8 Å². The Morgan fingerprint density at radius 3 is 2.21 bits per heavy atom. The van der Waals surface area contributed by atoms with E-state index in [1.807, 2.05) is 19.9 Å². The summed E-state index contributed by atoms with van der Waals surface area (Å²) in [6.45, 7) is 4.69. The number of hydrogen-bond donors (Lipinski definition) is 3. The molecule has 1 heterocycles. The fourth-order valence-corrected chi connectivity index (χ4v) is 3.52. The summed E-state index contributed by atoms with van der Waals surface area (Å²) in [5.74, 6) is 0.847. The first kappa shape index (κ1) is 19.8. The van der Waals surface area contributed by atoms with E-state index in [4.69, 9.17) is 10.9 Å². The lowest BCUT2D eigenvalue weighted by Gasteiger charge is -2.10. The molecule has 2 aromatic carbocycles. The van der Waals surface area contributed by atoms with Gasteiger partial charge in [-0.25, -0.2) is 18.5 Å². The first-order valence-electron chi connectivity index (χ1n) is 8.79. The lowest BCUT2D eigenvalue weighted by atomic mass is 10.0. The van der Waals surface area contributed by atoms with Crippen molar-refractivity contribution in [3.05, 3.63) is 65.2 Å². The van der Waals surface area contributed by atoms with E-state index in [9.17, 15) is 8.42 Å². The van der Waals surface area contributed by atoms with Gasteiger partial charge in [0.15, 0.2) is 0 Å². The van der Waals surface area contributed by atoms with Gasteiger partial charge in [-0.1, -0.05) is 29.3 Å². The Labute approximate surface area is 164 Å². The topological polar surface area (TPSA) is 124 Å². The Balaban J connectivity index is 1.70. The molecule has 0 amide bonds. The van der Waals surface area contributed by atoms with Crippen molar-refractivity contribution in [2.45, 2.75) is 25.2 Å². The number of hydrogen-bond acceptors (Lipinski definition) is 6. The molecule has 0 aliphatic rings. The number of primary sulfonamides is 1. The second-order valence-corrected chi connectivity index (χ2v) is 8.30. The zero-order valence-corrected chi connectivity index (χ0v) is 16.6. The highest BCUT2D eigenvalue weighted by atomic mass is 32.2. The molecule has 0 aliphatic carbocycles. The van der Waals surface area contributed by atoms with Crippen LogP contribution in [0.1, 0.15) is 16.7 Å². The number of benzene rings is 2. The van der Waals surface area contributed by atoms with Gasteiger partial charge in [0.05, 0.1) is 10.6 Å². The van der Waals surface area contributed by atoms with Crippen LogP contribution in [0, 0.1) is 13.8 Å². The number of nitrogens with one attached hydrogen (secondary N) is 1. The highest BCUT2D eigenvalue weighted by molar-refractivity contribution is 7.89. The highest BCUT2D eigenvalue weighted by Crippen LogP contribution is 2.23. The second kappa shape index (κ2) is 7.95. The van der Waals surface area contributed by atoms with Crippen molar-refractivity contribution in [3.8, 4) is 11.3 Å². The van der Waals surface area contributed by atoms with E-state index in [-0.39, 0.29) is 10.8 Å². The Kier molecular flexibility index (Phi) is 5.62. The highest BCUT2D eigenvalue weighted by Gasteiger charge is 2.08. The second-order valence-electron chi connectivity index (χ2n) is 6.74. The Hall–Kier alpha value is -2.97. The van der Waals surface area contributed by atoms with Gasteiger partial charge in [-0.15, -0.1) is 0 Å². The minimum Gasteiger partial charge on any atom is -0.370 e. The average Bonchev–Trinajstić information content (AvgIpc) is 2.60. The molecule has 8 heteroatoms. The maximum absolute atomic E-state index is 11.3. The van der Waals surface area contributed by atoms with Gasteiger partial charge in [-0.3, -0.25) is 0 Å². The Morgan fingerprint density at radius 2 is 1.61 bits per heavy atom. The van der Waals surface area contributed by atoms with Gasteiger partial charge in [0, 0.05) is 18.2 Å². The summed E-state index contributed by atoms with van der Waals surface area (Å²) < 4.78 is 22.6. The number of aromatic nitrogens is 2. The van der Waals surface area contributed by atoms with Crippen LogP contribution in [0.2, 0.25) is 0 Å². The molecule has 0 saturated heterocycles. The largest absolute Gasteiger partial charge is 0.370 e. The maximum atomic E-state index is 11.3. The van der Waals surface area contributed by atoms with Gasteiger partial charge in [0.1, 0.15) is 5.82 Å². The van der Waals surface area contributed by atoms with Crippen molar-refractivity contribution in [1.82, 2.24) is 9.97 Å².